The van der Waals surface area contributed by atoms with Gasteiger partial charge in [-0.25, -0.2) is 0 Å². The molecule has 0 radical (unpaired) electrons. The summed E-state index contributed by atoms with van der Waals surface area (Å²) in [4.78, 5) is 26.2. The Morgan fingerprint density at radius 2 is 1.86 bits per heavy atom. The van der Waals surface area contributed by atoms with E-state index in [9.17, 15) is 9.59 Å². The molecule has 0 bridgehead atoms. The van der Waals surface area contributed by atoms with Crippen molar-refractivity contribution in [3.05, 3.63) is 34.9 Å². The van der Waals surface area contributed by atoms with Crippen LogP contribution in [0.5, 0.6) is 0 Å². The number of rotatable bonds is 4. The summed E-state index contributed by atoms with van der Waals surface area (Å²) in [5.74, 6) is -0.275. The van der Waals surface area contributed by atoms with Crippen LogP contribution in [0.1, 0.15) is 12.0 Å². The minimum atomic E-state index is -0.178. The monoisotopic (exact) mass is 322 g/mol. The lowest BCUT2D eigenvalue weighted by Gasteiger charge is -2.27. The maximum Gasteiger partial charge on any atom is 0.226 e. The molecule has 2 unspecified atom stereocenters. The van der Waals surface area contributed by atoms with Crippen LogP contribution in [0.4, 0.5) is 0 Å². The lowest BCUT2D eigenvalue weighted by Crippen LogP contribution is -2.42. The lowest BCUT2D eigenvalue weighted by atomic mass is 10.2. The highest BCUT2D eigenvalue weighted by Gasteiger charge is 2.49. The summed E-state index contributed by atoms with van der Waals surface area (Å²) in [7, 11) is 0. The molecule has 1 aromatic rings. The lowest BCUT2D eigenvalue weighted by molar-refractivity contribution is -0.138. The Bertz CT molecular complexity index is 555. The highest BCUT2D eigenvalue weighted by atomic mass is 35.5. The van der Waals surface area contributed by atoms with E-state index in [2.05, 4.69) is 5.32 Å². The minimum absolute atomic E-state index is 0.0402. The van der Waals surface area contributed by atoms with Crippen molar-refractivity contribution >= 4 is 23.4 Å². The number of nitrogens with zero attached hydrogens (tertiary/aromatic N) is 1. The molecule has 22 heavy (non-hydrogen) atoms. The number of benzene rings is 1. The zero-order valence-electron chi connectivity index (χ0n) is 12.3. The second-order valence-corrected chi connectivity index (χ2v) is 6.17. The van der Waals surface area contributed by atoms with Crippen LogP contribution in [0.2, 0.25) is 5.02 Å². The molecule has 2 aliphatic rings. The number of morpholine rings is 1. The summed E-state index contributed by atoms with van der Waals surface area (Å²) in [5, 5.41) is 3.57. The first-order valence-corrected chi connectivity index (χ1v) is 7.91. The molecule has 1 heterocycles. The van der Waals surface area contributed by atoms with Crippen molar-refractivity contribution in [2.45, 2.75) is 13.0 Å². The Labute approximate surface area is 134 Å². The van der Waals surface area contributed by atoms with Crippen LogP contribution < -0.4 is 5.32 Å². The number of hydrogen-bond donors (Lipinski definition) is 1. The number of hydrogen-bond acceptors (Lipinski definition) is 3. The molecule has 2 amide bonds. The van der Waals surface area contributed by atoms with Gasteiger partial charge in [0.2, 0.25) is 11.8 Å². The third-order valence-electron chi connectivity index (χ3n) is 4.15. The number of amides is 2. The minimum Gasteiger partial charge on any atom is -0.378 e. The molecule has 2 fully saturated rings. The molecule has 2 atom stereocenters. The molecule has 1 N–H and O–H groups in total. The normalized spacial score (nSPS) is 24.0. The van der Waals surface area contributed by atoms with E-state index in [1.165, 1.54) is 0 Å². The number of carbonyl (C=O) groups is 2. The van der Waals surface area contributed by atoms with Gasteiger partial charge < -0.3 is 15.0 Å². The number of ether oxygens (including phenoxy) is 1. The number of halogens is 1. The smallest absolute Gasteiger partial charge is 0.226 e. The predicted molar refractivity (Wildman–Crippen MR) is 82.3 cm³/mol. The Morgan fingerprint density at radius 1 is 1.18 bits per heavy atom. The molecular weight excluding hydrogens is 304 g/mol. The molecule has 1 aromatic carbocycles. The van der Waals surface area contributed by atoms with Crippen LogP contribution in [-0.2, 0) is 20.9 Å². The van der Waals surface area contributed by atoms with E-state index in [-0.39, 0.29) is 23.7 Å². The molecule has 118 valence electrons. The average Bonchev–Trinajstić information content (AvgIpc) is 3.35. The fourth-order valence-electron chi connectivity index (χ4n) is 2.70. The van der Waals surface area contributed by atoms with E-state index in [0.29, 0.717) is 44.3 Å². The molecular formula is C16H19ClN2O3. The molecule has 1 aliphatic heterocycles. The van der Waals surface area contributed by atoms with Gasteiger partial charge in [-0.1, -0.05) is 23.7 Å². The van der Waals surface area contributed by atoms with Gasteiger partial charge in [0.05, 0.1) is 25.0 Å². The summed E-state index contributed by atoms with van der Waals surface area (Å²) in [6.07, 6.45) is 0.655. The van der Waals surface area contributed by atoms with E-state index < -0.39 is 0 Å². The summed E-state index contributed by atoms with van der Waals surface area (Å²) in [5.41, 5.74) is 0.995. The molecule has 0 aromatic heterocycles. The first kappa shape index (κ1) is 15.3. The third-order valence-corrected chi connectivity index (χ3v) is 4.40. The Hall–Kier alpha value is -1.59. The van der Waals surface area contributed by atoms with Crippen molar-refractivity contribution in [2.24, 2.45) is 11.8 Å². The summed E-state index contributed by atoms with van der Waals surface area (Å²) in [6.45, 7) is 2.91. The largest absolute Gasteiger partial charge is 0.378 e. The molecule has 6 heteroatoms. The third kappa shape index (κ3) is 3.59. The highest BCUT2D eigenvalue weighted by Crippen LogP contribution is 2.40. The van der Waals surface area contributed by atoms with Gasteiger partial charge in [0.1, 0.15) is 0 Å². The Kier molecular flexibility index (Phi) is 4.64. The quantitative estimate of drug-likeness (QED) is 0.913. The van der Waals surface area contributed by atoms with Crippen LogP contribution in [0.3, 0.4) is 0 Å². The summed E-state index contributed by atoms with van der Waals surface area (Å²) in [6, 6.07) is 7.35. The molecule has 0 spiro atoms. The van der Waals surface area contributed by atoms with Crippen LogP contribution in [0.25, 0.3) is 0 Å². The van der Waals surface area contributed by atoms with E-state index in [0.717, 1.165) is 5.56 Å². The van der Waals surface area contributed by atoms with Crippen LogP contribution >= 0.6 is 11.6 Å². The summed E-state index contributed by atoms with van der Waals surface area (Å²) < 4.78 is 5.24. The van der Waals surface area contributed by atoms with E-state index in [1.807, 2.05) is 12.1 Å². The Morgan fingerprint density at radius 3 is 2.55 bits per heavy atom. The van der Waals surface area contributed by atoms with Gasteiger partial charge >= 0.3 is 0 Å². The predicted octanol–water partition coefficient (Wildman–Crippen LogP) is 1.45. The van der Waals surface area contributed by atoms with Gasteiger partial charge in [-0.15, -0.1) is 0 Å². The zero-order valence-corrected chi connectivity index (χ0v) is 13.0. The van der Waals surface area contributed by atoms with Gasteiger partial charge in [0.25, 0.3) is 0 Å². The first-order valence-electron chi connectivity index (χ1n) is 7.54. The highest BCUT2D eigenvalue weighted by molar-refractivity contribution is 6.30. The SMILES string of the molecule is O=C(NCc1ccc(Cl)cc1)C1CC1C(=O)N1CCOCC1. The molecule has 5 nitrogen and oxygen atoms in total. The molecule has 1 saturated heterocycles. The van der Waals surface area contributed by atoms with Crippen molar-refractivity contribution in [3.63, 3.8) is 0 Å². The Balaban J connectivity index is 1.46. The first-order chi connectivity index (χ1) is 10.6. The average molecular weight is 323 g/mol. The van der Waals surface area contributed by atoms with Crippen molar-refractivity contribution < 1.29 is 14.3 Å². The fourth-order valence-corrected chi connectivity index (χ4v) is 2.82. The molecule has 1 saturated carbocycles. The second kappa shape index (κ2) is 6.67. The number of nitrogens with one attached hydrogen (secondary N) is 1. The van der Waals surface area contributed by atoms with Crippen LogP contribution in [0.15, 0.2) is 24.3 Å². The molecule has 1 aliphatic carbocycles. The van der Waals surface area contributed by atoms with Gasteiger partial charge in [0, 0.05) is 24.7 Å². The van der Waals surface area contributed by atoms with Crippen molar-refractivity contribution in [3.8, 4) is 0 Å². The van der Waals surface area contributed by atoms with E-state index >= 15 is 0 Å². The van der Waals surface area contributed by atoms with Gasteiger partial charge in [-0.2, -0.15) is 0 Å². The number of carbonyl (C=O) groups excluding carboxylic acids is 2. The van der Waals surface area contributed by atoms with E-state index in [4.69, 9.17) is 16.3 Å². The van der Waals surface area contributed by atoms with Gasteiger partial charge in [-0.3, -0.25) is 9.59 Å². The van der Waals surface area contributed by atoms with Crippen molar-refractivity contribution in [1.29, 1.82) is 0 Å². The topological polar surface area (TPSA) is 58.6 Å². The summed E-state index contributed by atoms with van der Waals surface area (Å²) >= 11 is 5.82. The van der Waals surface area contributed by atoms with E-state index in [1.54, 1.807) is 17.0 Å². The van der Waals surface area contributed by atoms with Crippen molar-refractivity contribution in [2.75, 3.05) is 26.3 Å². The second-order valence-electron chi connectivity index (χ2n) is 5.73. The molecule has 3 rings (SSSR count). The standard InChI is InChI=1S/C16H19ClN2O3/c17-12-3-1-11(2-4-12)10-18-15(20)13-9-14(13)16(21)19-5-7-22-8-6-19/h1-4,13-14H,5-10H2,(H,18,20). The van der Waals surface area contributed by atoms with Gasteiger partial charge in [0.15, 0.2) is 0 Å². The van der Waals surface area contributed by atoms with Crippen LogP contribution in [0, 0.1) is 11.8 Å². The van der Waals surface area contributed by atoms with Crippen LogP contribution in [-0.4, -0.2) is 43.0 Å². The maximum atomic E-state index is 12.3. The maximum absolute atomic E-state index is 12.3. The fraction of sp³-hybridized carbons (Fsp3) is 0.500. The zero-order chi connectivity index (χ0) is 15.5. The van der Waals surface area contributed by atoms with Gasteiger partial charge in [-0.05, 0) is 24.1 Å². The van der Waals surface area contributed by atoms with Crippen molar-refractivity contribution in [1.82, 2.24) is 10.2 Å².